The van der Waals surface area contributed by atoms with Crippen molar-refractivity contribution in [2.45, 2.75) is 11.5 Å². The summed E-state index contributed by atoms with van der Waals surface area (Å²) in [5, 5.41) is 2.68. The van der Waals surface area contributed by atoms with Gasteiger partial charge in [0.25, 0.3) is 0 Å². The van der Waals surface area contributed by atoms with Crippen LogP contribution in [0.3, 0.4) is 0 Å². The molecule has 1 aliphatic rings. The fourth-order valence-corrected chi connectivity index (χ4v) is 20.6. The van der Waals surface area contributed by atoms with Crippen LogP contribution in [0, 0.1) is 0 Å². The molecule has 3 heterocycles. The van der Waals surface area contributed by atoms with Crippen LogP contribution >= 0.6 is 22.7 Å². The molecule has 8 aromatic rings. The van der Waals surface area contributed by atoms with E-state index < -0.39 is 13.3 Å². The summed E-state index contributed by atoms with van der Waals surface area (Å²) in [7, 11) is 0. The molecule has 0 unspecified atom stereocenters. The molecule has 0 atom stereocenters. The van der Waals surface area contributed by atoms with Gasteiger partial charge in [-0.25, -0.2) is 0 Å². The summed E-state index contributed by atoms with van der Waals surface area (Å²) in [6.45, 7) is 0. The van der Waals surface area contributed by atoms with E-state index in [2.05, 4.69) is 181 Å². The van der Waals surface area contributed by atoms with Crippen molar-refractivity contribution in [2.75, 3.05) is 0 Å². The van der Waals surface area contributed by atoms with Crippen molar-refractivity contribution in [3.8, 4) is 22.3 Å². The van der Waals surface area contributed by atoms with Crippen LogP contribution in [0.25, 0.3) is 62.4 Å². The Kier molecular flexibility index (Phi) is 7.61. The topological polar surface area (TPSA) is 0 Å². The number of benzene rings is 6. The molecule has 3 heteroatoms. The molecule has 0 N–H and O–H groups in total. The van der Waals surface area contributed by atoms with E-state index in [1.165, 1.54) is 74.5 Å². The number of rotatable bonds is 6. The second-order valence-electron chi connectivity index (χ2n) is 13.2. The summed E-state index contributed by atoms with van der Waals surface area (Å²) in [6.07, 6.45) is 0. The number of allylic oxidation sites excluding steroid dienone is 2. The molecule has 0 saturated carbocycles. The van der Waals surface area contributed by atoms with E-state index >= 15 is 0 Å². The SMILES string of the molecule is [CH3][Ge]1([CH3])[C](c2sc3ccccc3c2-c2ccccc2)=C(c2ccccc2)C(c2ccccc2)=[C]1c1sc2ccccc2c1-c1ccccc1. The van der Waals surface area contributed by atoms with Crippen molar-refractivity contribution in [1.29, 1.82) is 0 Å². The fraction of sp³-hybridized carbons (Fsp3) is 0.0435. The van der Waals surface area contributed by atoms with Crippen molar-refractivity contribution < 1.29 is 0 Å². The Labute approximate surface area is 298 Å². The normalized spacial score (nSPS) is 14.3. The first-order valence-electron chi connectivity index (χ1n) is 16.9. The number of fused-ring (bicyclic) bond motifs is 2. The Hall–Kier alpha value is -4.74. The molecule has 2 aromatic heterocycles. The Bertz CT molecular complexity index is 2360. The molecule has 0 spiro atoms. The van der Waals surface area contributed by atoms with Gasteiger partial charge in [-0.15, -0.1) is 0 Å². The van der Waals surface area contributed by atoms with E-state index in [1.807, 2.05) is 22.7 Å². The molecule has 0 radical (unpaired) electrons. The maximum absolute atomic E-state index is 3.18. The van der Waals surface area contributed by atoms with Crippen LogP contribution in [0.1, 0.15) is 20.9 Å². The second kappa shape index (κ2) is 12.3. The molecule has 0 nitrogen and oxygen atoms in total. The van der Waals surface area contributed by atoms with Crippen LogP contribution in [0.5, 0.6) is 0 Å². The van der Waals surface area contributed by atoms with Crippen molar-refractivity contribution in [2.24, 2.45) is 0 Å². The molecule has 0 saturated heterocycles. The van der Waals surface area contributed by atoms with Crippen LogP contribution in [0.15, 0.2) is 170 Å². The molecule has 0 bridgehead atoms. The Morgan fingerprint density at radius 1 is 0.347 bits per heavy atom. The first kappa shape index (κ1) is 30.3. The average Bonchev–Trinajstić information content (AvgIpc) is 3.80. The first-order chi connectivity index (χ1) is 24.1. The van der Waals surface area contributed by atoms with Crippen LogP contribution < -0.4 is 0 Å². The van der Waals surface area contributed by atoms with Crippen LogP contribution in [0.4, 0.5) is 0 Å². The van der Waals surface area contributed by atoms with Gasteiger partial charge >= 0.3 is 301 Å². The summed E-state index contributed by atoms with van der Waals surface area (Å²) < 4.78 is 5.85. The van der Waals surface area contributed by atoms with Gasteiger partial charge in [-0.2, -0.15) is 0 Å². The zero-order valence-electron chi connectivity index (χ0n) is 27.5. The summed E-state index contributed by atoms with van der Waals surface area (Å²) in [6, 6.07) is 62.6. The third-order valence-electron chi connectivity index (χ3n) is 9.89. The number of hydrogen-bond donors (Lipinski definition) is 0. The van der Waals surface area contributed by atoms with E-state index in [1.54, 1.807) is 8.81 Å². The van der Waals surface area contributed by atoms with Crippen LogP contribution in [0.2, 0.25) is 11.5 Å². The summed E-state index contributed by atoms with van der Waals surface area (Å²) in [4.78, 5) is 2.86. The molecule has 0 fully saturated rings. The van der Waals surface area contributed by atoms with Crippen molar-refractivity contribution >= 4 is 76.1 Å². The summed E-state index contributed by atoms with van der Waals surface area (Å²) >= 11 is 0.782. The quantitative estimate of drug-likeness (QED) is 0.150. The monoisotopic (exact) mass is 724 g/mol. The van der Waals surface area contributed by atoms with Gasteiger partial charge in [0.05, 0.1) is 0 Å². The van der Waals surface area contributed by atoms with Crippen LogP contribution in [-0.2, 0) is 0 Å². The predicted molar refractivity (Wildman–Crippen MR) is 219 cm³/mol. The molecule has 234 valence electrons. The zero-order chi connectivity index (χ0) is 33.0. The van der Waals surface area contributed by atoms with Gasteiger partial charge in [0.15, 0.2) is 0 Å². The Morgan fingerprint density at radius 2 is 0.653 bits per heavy atom. The van der Waals surface area contributed by atoms with E-state index in [0.717, 1.165) is 0 Å². The van der Waals surface area contributed by atoms with E-state index in [4.69, 9.17) is 0 Å². The molecule has 9 rings (SSSR count). The average molecular weight is 724 g/mol. The molecule has 6 aromatic carbocycles. The molecule has 0 aliphatic carbocycles. The van der Waals surface area contributed by atoms with Gasteiger partial charge in [-0.1, -0.05) is 0 Å². The summed E-state index contributed by atoms with van der Waals surface area (Å²) in [5.41, 5.74) is 10.7. The first-order valence-corrected chi connectivity index (χ1v) is 24.8. The van der Waals surface area contributed by atoms with Gasteiger partial charge < -0.3 is 0 Å². The van der Waals surface area contributed by atoms with Crippen molar-refractivity contribution in [3.63, 3.8) is 0 Å². The number of thiophene rings is 2. The molecule has 49 heavy (non-hydrogen) atoms. The zero-order valence-corrected chi connectivity index (χ0v) is 31.2. The molecule has 0 amide bonds. The number of hydrogen-bond acceptors (Lipinski definition) is 2. The van der Waals surface area contributed by atoms with Gasteiger partial charge in [0, 0.05) is 0 Å². The van der Waals surface area contributed by atoms with Crippen molar-refractivity contribution in [1.82, 2.24) is 0 Å². The van der Waals surface area contributed by atoms with E-state index in [0.29, 0.717) is 0 Å². The standard InChI is InChI=1S/C46H34GeS2/c1-47(2)43(45-39(31-19-7-3-8-20-31)35-27-15-17-29-37(35)48-45)41(33-23-11-5-12-24-33)42(34-25-13-6-14-26-34)44(47)46-40(32-21-9-4-10-22-32)36-28-16-18-30-38(36)49-46/h3-30H,1-2H3. The minimum absolute atomic E-state index is 1.29. The van der Waals surface area contributed by atoms with Crippen LogP contribution in [-0.4, -0.2) is 13.3 Å². The molecular formula is C46H34GeS2. The van der Waals surface area contributed by atoms with Crippen molar-refractivity contribution in [3.05, 3.63) is 191 Å². The van der Waals surface area contributed by atoms with E-state index in [-0.39, 0.29) is 0 Å². The van der Waals surface area contributed by atoms with Gasteiger partial charge in [-0.3, -0.25) is 0 Å². The fourth-order valence-electron chi connectivity index (χ4n) is 7.81. The Balaban J connectivity index is 1.45. The second-order valence-corrected chi connectivity index (χ2v) is 24.2. The Morgan fingerprint density at radius 3 is 1.02 bits per heavy atom. The molecule has 1 aliphatic heterocycles. The molecular weight excluding hydrogens is 689 g/mol. The van der Waals surface area contributed by atoms with Gasteiger partial charge in [0.2, 0.25) is 0 Å². The predicted octanol–water partition coefficient (Wildman–Crippen LogP) is 13.8. The maximum atomic E-state index is 2.65. The van der Waals surface area contributed by atoms with Gasteiger partial charge in [0.1, 0.15) is 0 Å². The third-order valence-corrected chi connectivity index (χ3v) is 20.4. The van der Waals surface area contributed by atoms with Gasteiger partial charge in [-0.05, 0) is 0 Å². The van der Waals surface area contributed by atoms with E-state index in [9.17, 15) is 0 Å². The minimum atomic E-state index is -3.18. The third kappa shape index (κ3) is 5.01. The summed E-state index contributed by atoms with van der Waals surface area (Å²) in [5.74, 6) is 5.31.